The minimum absolute atomic E-state index is 0.162. The molecule has 108 valence electrons. The Kier molecular flexibility index (Phi) is 5.29. The van der Waals surface area contributed by atoms with E-state index in [4.69, 9.17) is 9.47 Å². The Hall–Kier alpha value is -0.790. The van der Waals surface area contributed by atoms with Crippen LogP contribution >= 0.6 is 33.9 Å². The third-order valence-electron chi connectivity index (χ3n) is 3.29. The lowest BCUT2D eigenvalue weighted by molar-refractivity contribution is 0.354. The summed E-state index contributed by atoms with van der Waals surface area (Å²) in [7, 11) is 5.30. The van der Waals surface area contributed by atoms with Crippen LogP contribution in [-0.4, -0.2) is 21.3 Å². The summed E-state index contributed by atoms with van der Waals surface area (Å²) >= 11 is 4.11. The van der Waals surface area contributed by atoms with Crippen molar-refractivity contribution in [3.8, 4) is 11.5 Å². The molecule has 1 aromatic carbocycles. The van der Waals surface area contributed by atoms with Crippen LogP contribution in [0.15, 0.2) is 23.6 Å². The second kappa shape index (κ2) is 6.78. The predicted molar refractivity (Wildman–Crippen MR) is 92.2 cm³/mol. The molecule has 0 aliphatic rings. The van der Waals surface area contributed by atoms with Crippen molar-refractivity contribution in [3.05, 3.63) is 43.2 Å². The molecule has 1 N–H and O–H groups in total. The Morgan fingerprint density at radius 1 is 1.15 bits per heavy atom. The Morgan fingerprint density at radius 3 is 2.30 bits per heavy atom. The van der Waals surface area contributed by atoms with Crippen LogP contribution in [0, 0.1) is 9.81 Å². The fraction of sp³-hybridized carbons (Fsp3) is 0.333. The van der Waals surface area contributed by atoms with Gasteiger partial charge in [0.15, 0.2) is 11.5 Å². The van der Waals surface area contributed by atoms with Crippen LogP contribution in [0.5, 0.6) is 11.5 Å². The van der Waals surface area contributed by atoms with Crippen LogP contribution in [0.25, 0.3) is 0 Å². The van der Waals surface area contributed by atoms with Crippen LogP contribution in [-0.2, 0) is 0 Å². The van der Waals surface area contributed by atoms with Crippen LogP contribution in [0.2, 0.25) is 0 Å². The van der Waals surface area contributed by atoms with Gasteiger partial charge < -0.3 is 14.8 Å². The van der Waals surface area contributed by atoms with Crippen LogP contribution in [0.3, 0.4) is 0 Å². The zero-order valence-electron chi connectivity index (χ0n) is 12.0. The van der Waals surface area contributed by atoms with E-state index in [0.29, 0.717) is 0 Å². The van der Waals surface area contributed by atoms with Gasteiger partial charge in [0.1, 0.15) is 0 Å². The Bertz CT molecular complexity index is 598. The third-order valence-corrected chi connectivity index (χ3v) is 5.10. The first-order valence-corrected chi connectivity index (χ1v) is 8.20. The smallest absolute Gasteiger partial charge is 0.161 e. The minimum atomic E-state index is 0.162. The van der Waals surface area contributed by atoms with E-state index < -0.39 is 0 Å². The average Bonchev–Trinajstić information content (AvgIpc) is 2.87. The summed E-state index contributed by atoms with van der Waals surface area (Å²) in [5.41, 5.74) is 3.67. The summed E-state index contributed by atoms with van der Waals surface area (Å²) < 4.78 is 12.1. The Labute approximate surface area is 137 Å². The second-order valence-electron chi connectivity index (χ2n) is 4.47. The van der Waals surface area contributed by atoms with Gasteiger partial charge in [-0.05, 0) is 76.8 Å². The van der Waals surface area contributed by atoms with Crippen LogP contribution < -0.4 is 14.8 Å². The molecular weight excluding hydrogens is 385 g/mol. The number of halogens is 1. The highest BCUT2D eigenvalue weighted by Crippen LogP contribution is 2.36. The fourth-order valence-electron chi connectivity index (χ4n) is 2.28. The summed E-state index contributed by atoms with van der Waals surface area (Å²) in [6.45, 7) is 2.10. The number of hydrogen-bond acceptors (Lipinski definition) is 4. The van der Waals surface area contributed by atoms with Gasteiger partial charge in [0.2, 0.25) is 0 Å². The number of benzene rings is 1. The SMILES string of the molecule is CNC(c1csc(I)c1)c1cc(OC)c(OC)cc1C. The second-order valence-corrected chi connectivity index (χ2v) is 7.28. The minimum Gasteiger partial charge on any atom is -0.493 e. The standard InChI is InChI=1S/C15H18INO2S/c1-9-5-12(18-3)13(19-4)7-11(9)15(17-2)10-6-14(16)20-8-10/h5-8,15,17H,1-4H3. The molecule has 0 radical (unpaired) electrons. The van der Waals surface area contributed by atoms with Gasteiger partial charge in [0, 0.05) is 0 Å². The van der Waals surface area contributed by atoms with Gasteiger partial charge in [-0.15, -0.1) is 11.3 Å². The first-order valence-electron chi connectivity index (χ1n) is 6.24. The van der Waals surface area contributed by atoms with Gasteiger partial charge in [-0.25, -0.2) is 0 Å². The molecule has 3 nitrogen and oxygen atoms in total. The molecule has 0 saturated carbocycles. The highest BCUT2D eigenvalue weighted by atomic mass is 127. The molecule has 1 atom stereocenters. The molecule has 1 unspecified atom stereocenters. The average molecular weight is 403 g/mol. The summed E-state index contributed by atoms with van der Waals surface area (Å²) in [6, 6.07) is 6.45. The van der Waals surface area contributed by atoms with Gasteiger partial charge in [-0.3, -0.25) is 0 Å². The first-order chi connectivity index (χ1) is 9.60. The predicted octanol–water partition coefficient (Wildman–Crippen LogP) is 3.99. The Balaban J connectivity index is 2.49. The molecule has 0 saturated heterocycles. The summed E-state index contributed by atoms with van der Waals surface area (Å²) in [5.74, 6) is 1.53. The summed E-state index contributed by atoms with van der Waals surface area (Å²) in [4.78, 5) is 0. The molecule has 1 heterocycles. The maximum absolute atomic E-state index is 5.42. The molecule has 0 bridgehead atoms. The van der Waals surface area contributed by atoms with E-state index in [-0.39, 0.29) is 6.04 Å². The highest BCUT2D eigenvalue weighted by molar-refractivity contribution is 14.1. The van der Waals surface area contributed by atoms with Crippen molar-refractivity contribution in [1.82, 2.24) is 5.32 Å². The highest BCUT2D eigenvalue weighted by Gasteiger charge is 2.18. The Morgan fingerprint density at radius 2 is 1.80 bits per heavy atom. The van der Waals surface area contributed by atoms with Gasteiger partial charge in [0.05, 0.1) is 23.1 Å². The largest absolute Gasteiger partial charge is 0.493 e. The van der Waals surface area contributed by atoms with E-state index >= 15 is 0 Å². The molecular formula is C15H18INO2S. The van der Waals surface area contributed by atoms with Crippen molar-refractivity contribution in [3.63, 3.8) is 0 Å². The van der Waals surface area contributed by atoms with E-state index in [1.165, 1.54) is 19.6 Å². The van der Waals surface area contributed by atoms with Gasteiger partial charge in [-0.2, -0.15) is 0 Å². The lowest BCUT2D eigenvalue weighted by atomic mass is 9.96. The zero-order valence-corrected chi connectivity index (χ0v) is 15.0. The summed E-state index contributed by atoms with van der Waals surface area (Å²) in [6.07, 6.45) is 0. The van der Waals surface area contributed by atoms with E-state index in [0.717, 1.165) is 11.5 Å². The molecule has 5 heteroatoms. The fourth-order valence-corrected chi connectivity index (χ4v) is 3.68. The number of thiophene rings is 1. The number of nitrogens with one attached hydrogen (secondary N) is 1. The molecule has 0 aliphatic heterocycles. The number of rotatable bonds is 5. The van der Waals surface area contributed by atoms with Crippen LogP contribution in [0.1, 0.15) is 22.7 Å². The maximum atomic E-state index is 5.42. The molecule has 1 aromatic heterocycles. The molecule has 20 heavy (non-hydrogen) atoms. The van der Waals surface area contributed by atoms with E-state index in [9.17, 15) is 0 Å². The maximum Gasteiger partial charge on any atom is 0.161 e. The van der Waals surface area contributed by atoms with Crippen molar-refractivity contribution in [2.45, 2.75) is 13.0 Å². The van der Waals surface area contributed by atoms with E-state index in [1.807, 2.05) is 13.1 Å². The van der Waals surface area contributed by atoms with Crippen molar-refractivity contribution < 1.29 is 9.47 Å². The van der Waals surface area contributed by atoms with Gasteiger partial charge in [-0.1, -0.05) is 0 Å². The van der Waals surface area contributed by atoms with Gasteiger partial charge >= 0.3 is 0 Å². The lowest BCUT2D eigenvalue weighted by Crippen LogP contribution is -2.18. The van der Waals surface area contributed by atoms with Crippen molar-refractivity contribution >= 4 is 33.9 Å². The molecule has 0 spiro atoms. The first kappa shape index (κ1) is 15.6. The lowest BCUT2D eigenvalue weighted by Gasteiger charge is -2.20. The zero-order chi connectivity index (χ0) is 14.7. The number of methoxy groups -OCH3 is 2. The van der Waals surface area contributed by atoms with Gasteiger partial charge in [0.25, 0.3) is 0 Å². The molecule has 0 amide bonds. The molecule has 2 aromatic rings. The normalized spacial score (nSPS) is 12.2. The van der Waals surface area contributed by atoms with Crippen molar-refractivity contribution in [2.24, 2.45) is 0 Å². The number of hydrogen-bond donors (Lipinski definition) is 1. The topological polar surface area (TPSA) is 30.5 Å². The molecule has 0 aliphatic carbocycles. The summed E-state index contributed by atoms with van der Waals surface area (Å²) in [5, 5.41) is 5.58. The number of ether oxygens (including phenoxy) is 2. The van der Waals surface area contributed by atoms with E-state index in [1.54, 1.807) is 25.6 Å². The molecule has 2 rings (SSSR count). The third kappa shape index (κ3) is 3.10. The van der Waals surface area contributed by atoms with Crippen LogP contribution in [0.4, 0.5) is 0 Å². The quantitative estimate of drug-likeness (QED) is 0.766. The van der Waals surface area contributed by atoms with E-state index in [2.05, 4.69) is 52.3 Å². The number of aryl methyl sites for hydroxylation is 1. The monoisotopic (exact) mass is 403 g/mol. The molecule has 0 fully saturated rings. The van der Waals surface area contributed by atoms with Crippen molar-refractivity contribution in [2.75, 3.05) is 21.3 Å². The van der Waals surface area contributed by atoms with Crippen molar-refractivity contribution in [1.29, 1.82) is 0 Å².